The Morgan fingerprint density at radius 1 is 0.857 bits per heavy atom. The highest BCUT2D eigenvalue weighted by atomic mass is 16.5. The number of ether oxygens (including phenoxy) is 3. The largest absolute Gasteiger partial charge is 0.495 e. The minimum atomic E-state index is -0.507. The van der Waals surface area contributed by atoms with Gasteiger partial charge in [-0.2, -0.15) is 0 Å². The van der Waals surface area contributed by atoms with E-state index >= 15 is 0 Å². The zero-order valence-electron chi connectivity index (χ0n) is 16.7. The van der Waals surface area contributed by atoms with E-state index in [4.69, 9.17) is 14.2 Å². The van der Waals surface area contributed by atoms with E-state index in [-0.39, 0.29) is 6.04 Å². The van der Waals surface area contributed by atoms with Gasteiger partial charge in [-0.1, -0.05) is 12.1 Å². The second-order valence-corrected chi connectivity index (χ2v) is 7.32. The van der Waals surface area contributed by atoms with Gasteiger partial charge in [-0.3, -0.25) is 4.90 Å². The van der Waals surface area contributed by atoms with E-state index in [0.717, 1.165) is 60.9 Å². The van der Waals surface area contributed by atoms with Gasteiger partial charge in [-0.25, -0.2) is 0 Å². The van der Waals surface area contributed by atoms with Crippen molar-refractivity contribution in [1.82, 2.24) is 4.90 Å². The summed E-state index contributed by atoms with van der Waals surface area (Å²) < 4.78 is 16.3. The first-order valence-electron chi connectivity index (χ1n) is 9.71. The second kappa shape index (κ2) is 7.89. The van der Waals surface area contributed by atoms with E-state index < -0.39 is 6.10 Å². The zero-order chi connectivity index (χ0) is 19.7. The number of aliphatic hydroxyl groups excluding tert-OH is 1. The molecule has 1 N–H and O–H groups in total. The highest BCUT2D eigenvalue weighted by molar-refractivity contribution is 5.58. The third-order valence-corrected chi connectivity index (χ3v) is 5.97. The van der Waals surface area contributed by atoms with Gasteiger partial charge in [0.05, 0.1) is 33.1 Å². The summed E-state index contributed by atoms with van der Waals surface area (Å²) in [4.78, 5) is 4.76. The summed E-state index contributed by atoms with van der Waals surface area (Å²) >= 11 is 0. The molecule has 1 fully saturated rings. The van der Waals surface area contributed by atoms with Gasteiger partial charge in [0.25, 0.3) is 0 Å². The van der Waals surface area contributed by atoms with Crippen LogP contribution in [0.25, 0.3) is 0 Å². The number of methoxy groups -OCH3 is 3. The number of rotatable bonds is 5. The fraction of sp³-hybridized carbons (Fsp3) is 0.455. The average molecular weight is 384 g/mol. The van der Waals surface area contributed by atoms with Gasteiger partial charge in [0.1, 0.15) is 5.75 Å². The maximum Gasteiger partial charge on any atom is 0.161 e. The van der Waals surface area contributed by atoms with Gasteiger partial charge in [0.15, 0.2) is 11.5 Å². The monoisotopic (exact) mass is 384 g/mol. The van der Waals surface area contributed by atoms with E-state index in [1.165, 1.54) is 0 Å². The van der Waals surface area contributed by atoms with Gasteiger partial charge >= 0.3 is 0 Å². The molecule has 0 radical (unpaired) electrons. The standard InChI is InChI=1S/C22H28N2O4/c1-26-19-7-5-4-6-17(19)23-8-10-24(11-9-23)18-12-15-13-20(27-2)21(28-3)14-16(15)22(18)25/h4-7,13-14,18,22,25H,8-12H2,1-3H3/t18-,22+/m1/s1. The Labute approximate surface area is 166 Å². The molecule has 0 aromatic heterocycles. The molecule has 0 bridgehead atoms. The fourth-order valence-electron chi connectivity index (χ4n) is 4.45. The van der Waals surface area contributed by atoms with Crippen molar-refractivity contribution in [3.05, 3.63) is 47.5 Å². The third-order valence-electron chi connectivity index (χ3n) is 5.97. The van der Waals surface area contributed by atoms with Crippen molar-refractivity contribution in [3.63, 3.8) is 0 Å². The smallest absolute Gasteiger partial charge is 0.161 e. The van der Waals surface area contributed by atoms with Gasteiger partial charge in [-0.15, -0.1) is 0 Å². The lowest BCUT2D eigenvalue weighted by molar-refractivity contribution is 0.0571. The van der Waals surface area contributed by atoms with Crippen LogP contribution in [0.15, 0.2) is 36.4 Å². The third kappa shape index (κ3) is 3.27. The Hall–Kier alpha value is -2.44. The molecule has 1 aliphatic carbocycles. The minimum absolute atomic E-state index is 0.0895. The molecule has 1 saturated heterocycles. The van der Waals surface area contributed by atoms with Crippen LogP contribution in [-0.2, 0) is 6.42 Å². The van der Waals surface area contributed by atoms with Crippen LogP contribution in [0.1, 0.15) is 17.2 Å². The van der Waals surface area contributed by atoms with E-state index in [0.29, 0.717) is 5.75 Å². The first-order valence-corrected chi connectivity index (χ1v) is 9.71. The Balaban J connectivity index is 1.47. The van der Waals surface area contributed by atoms with Crippen molar-refractivity contribution in [2.24, 2.45) is 0 Å². The van der Waals surface area contributed by atoms with Crippen molar-refractivity contribution in [2.45, 2.75) is 18.6 Å². The first-order chi connectivity index (χ1) is 13.7. The van der Waals surface area contributed by atoms with Crippen molar-refractivity contribution in [3.8, 4) is 17.2 Å². The molecule has 6 nitrogen and oxygen atoms in total. The number of para-hydroxylation sites is 2. The molecule has 2 aliphatic rings. The maximum absolute atomic E-state index is 11.0. The predicted octanol–water partition coefficient (Wildman–Crippen LogP) is 2.49. The van der Waals surface area contributed by atoms with Crippen LogP contribution in [-0.4, -0.2) is 63.6 Å². The molecular formula is C22H28N2O4. The topological polar surface area (TPSA) is 54.4 Å². The predicted molar refractivity (Wildman–Crippen MR) is 109 cm³/mol. The molecule has 6 heteroatoms. The summed E-state index contributed by atoms with van der Waals surface area (Å²) in [6.07, 6.45) is 0.318. The quantitative estimate of drug-likeness (QED) is 0.855. The molecule has 2 aromatic carbocycles. The number of fused-ring (bicyclic) bond motifs is 1. The lowest BCUT2D eigenvalue weighted by atomic mass is 10.1. The summed E-state index contributed by atoms with van der Waals surface area (Å²) in [6, 6.07) is 12.2. The number of anilines is 1. The maximum atomic E-state index is 11.0. The second-order valence-electron chi connectivity index (χ2n) is 7.32. The Morgan fingerprint density at radius 2 is 1.50 bits per heavy atom. The SMILES string of the molecule is COc1cc2c(cc1OC)[C@H](O)[C@H](N1CCN(c3ccccc3OC)CC1)C2. The van der Waals surface area contributed by atoms with Gasteiger partial charge in [0.2, 0.25) is 0 Å². The molecule has 0 spiro atoms. The lowest BCUT2D eigenvalue weighted by Gasteiger charge is -2.40. The molecule has 0 amide bonds. The normalized spacial score (nSPS) is 22.1. The van der Waals surface area contributed by atoms with Crippen molar-refractivity contribution >= 4 is 5.69 Å². The van der Waals surface area contributed by atoms with Crippen LogP contribution in [0.3, 0.4) is 0 Å². The summed E-state index contributed by atoms with van der Waals surface area (Å²) in [5, 5.41) is 11.0. The van der Waals surface area contributed by atoms with Crippen molar-refractivity contribution in [1.29, 1.82) is 0 Å². The molecule has 28 heavy (non-hydrogen) atoms. The van der Waals surface area contributed by atoms with Crippen molar-refractivity contribution in [2.75, 3.05) is 52.4 Å². The molecule has 0 saturated carbocycles. The summed E-state index contributed by atoms with van der Waals surface area (Å²) in [5.41, 5.74) is 3.23. The Bertz CT molecular complexity index is 833. The molecule has 2 aromatic rings. The molecule has 0 unspecified atom stereocenters. The summed E-state index contributed by atoms with van der Waals surface area (Å²) in [5.74, 6) is 2.29. The number of hydrogen-bond acceptors (Lipinski definition) is 6. The van der Waals surface area contributed by atoms with Crippen molar-refractivity contribution < 1.29 is 19.3 Å². The molecule has 1 heterocycles. The number of benzene rings is 2. The number of piperazine rings is 1. The summed E-state index contributed by atoms with van der Waals surface area (Å²) in [7, 11) is 4.98. The number of hydrogen-bond donors (Lipinski definition) is 1. The van der Waals surface area contributed by atoms with Crippen LogP contribution in [0.4, 0.5) is 5.69 Å². The Kier molecular flexibility index (Phi) is 5.33. The summed E-state index contributed by atoms with van der Waals surface area (Å²) in [6.45, 7) is 3.63. The van der Waals surface area contributed by atoms with Gasteiger partial charge in [-0.05, 0) is 41.8 Å². The fourth-order valence-corrected chi connectivity index (χ4v) is 4.45. The van der Waals surface area contributed by atoms with Gasteiger partial charge in [0, 0.05) is 32.2 Å². The molecule has 4 rings (SSSR count). The highest BCUT2D eigenvalue weighted by Gasteiger charge is 2.37. The molecule has 150 valence electrons. The van der Waals surface area contributed by atoms with Crippen LogP contribution >= 0.6 is 0 Å². The minimum Gasteiger partial charge on any atom is -0.495 e. The van der Waals surface area contributed by atoms with Crippen LogP contribution in [0.2, 0.25) is 0 Å². The first kappa shape index (κ1) is 18.9. The van der Waals surface area contributed by atoms with E-state index in [2.05, 4.69) is 15.9 Å². The molecule has 1 aliphatic heterocycles. The van der Waals surface area contributed by atoms with E-state index in [1.807, 2.05) is 30.3 Å². The zero-order valence-corrected chi connectivity index (χ0v) is 16.7. The molecular weight excluding hydrogens is 356 g/mol. The molecule has 2 atom stereocenters. The Morgan fingerprint density at radius 3 is 2.18 bits per heavy atom. The average Bonchev–Trinajstić information content (AvgIpc) is 3.08. The van der Waals surface area contributed by atoms with E-state index in [9.17, 15) is 5.11 Å². The number of aliphatic hydroxyl groups is 1. The van der Waals surface area contributed by atoms with Crippen LogP contribution < -0.4 is 19.1 Å². The van der Waals surface area contributed by atoms with Crippen LogP contribution in [0, 0.1) is 0 Å². The van der Waals surface area contributed by atoms with Gasteiger partial charge < -0.3 is 24.2 Å². The lowest BCUT2D eigenvalue weighted by Crippen LogP contribution is -2.51. The van der Waals surface area contributed by atoms with Crippen LogP contribution in [0.5, 0.6) is 17.2 Å². The van der Waals surface area contributed by atoms with E-state index in [1.54, 1.807) is 21.3 Å². The number of nitrogens with zero attached hydrogens (tertiary/aromatic N) is 2. The highest BCUT2D eigenvalue weighted by Crippen LogP contribution is 2.41.